The van der Waals surface area contributed by atoms with Crippen molar-refractivity contribution in [3.63, 3.8) is 0 Å². The van der Waals surface area contributed by atoms with Gasteiger partial charge in [0.05, 0.1) is 6.61 Å². The second-order valence-corrected chi connectivity index (χ2v) is 14.1. The Morgan fingerprint density at radius 3 is 1.43 bits per heavy atom. The Labute approximate surface area is 299 Å². The summed E-state index contributed by atoms with van der Waals surface area (Å²) in [5, 5.41) is 0. The summed E-state index contributed by atoms with van der Waals surface area (Å²) < 4.78 is 26.2. The van der Waals surface area contributed by atoms with E-state index in [4.69, 9.17) is 19.3 Å². The lowest BCUT2D eigenvalue weighted by Gasteiger charge is -2.18. The number of phosphoric ester groups is 1. The molecule has 49 heavy (non-hydrogen) atoms. The van der Waals surface area contributed by atoms with Gasteiger partial charge in [-0.25, -0.2) is 4.57 Å². The highest BCUT2D eigenvalue weighted by molar-refractivity contribution is 7.46. The van der Waals surface area contributed by atoms with Gasteiger partial charge in [-0.2, -0.15) is 0 Å². The molecular weight excluding hydrogens is 639 g/mol. The zero-order chi connectivity index (χ0) is 36.1. The Morgan fingerprint density at radius 2 is 0.939 bits per heavy atom. The van der Waals surface area contributed by atoms with Crippen LogP contribution in [0.3, 0.4) is 0 Å². The number of esters is 2. The number of hydrogen-bond acceptors (Lipinski definition) is 6. The van der Waals surface area contributed by atoms with Crippen LogP contribution in [0.5, 0.6) is 0 Å². The maximum Gasteiger partial charge on any atom is 0.469 e. The molecule has 8 nitrogen and oxygen atoms in total. The minimum absolute atomic E-state index is 0.192. The molecule has 0 radical (unpaired) electrons. The maximum atomic E-state index is 12.3. The van der Waals surface area contributed by atoms with Gasteiger partial charge in [0.25, 0.3) is 0 Å². The molecular formula is C40H71O8P. The average Bonchev–Trinajstić information content (AvgIpc) is 3.07. The molecule has 1 atom stereocenters. The fourth-order valence-corrected chi connectivity index (χ4v) is 5.55. The van der Waals surface area contributed by atoms with Gasteiger partial charge in [0.2, 0.25) is 0 Å². The number of hydrogen-bond donors (Lipinski definition) is 2. The molecule has 0 saturated carbocycles. The Balaban J connectivity index is 4.02. The fraction of sp³-hybridized carbons (Fsp3) is 0.750. The van der Waals surface area contributed by atoms with E-state index in [1.807, 2.05) is 6.08 Å². The summed E-state index contributed by atoms with van der Waals surface area (Å²) in [5.74, 6) is -0.953. The lowest BCUT2D eigenvalue weighted by molar-refractivity contribution is -0.161. The van der Waals surface area contributed by atoms with E-state index in [-0.39, 0.29) is 19.4 Å². The topological polar surface area (TPSA) is 119 Å². The molecule has 9 heteroatoms. The fourth-order valence-electron chi connectivity index (χ4n) is 5.19. The van der Waals surface area contributed by atoms with Crippen molar-refractivity contribution in [2.24, 2.45) is 0 Å². The number of unbranched alkanes of at least 4 members (excludes halogenated alkanes) is 17. The molecule has 0 amide bonds. The smallest absolute Gasteiger partial charge is 0.462 e. The first-order chi connectivity index (χ1) is 23.8. The molecule has 0 aliphatic rings. The van der Waals surface area contributed by atoms with Crippen LogP contribution in [0.2, 0.25) is 0 Å². The van der Waals surface area contributed by atoms with Crippen molar-refractivity contribution in [3.05, 3.63) is 48.6 Å². The molecule has 0 bridgehead atoms. The number of ether oxygens (including phenoxy) is 2. The molecule has 0 aromatic carbocycles. The highest BCUT2D eigenvalue weighted by Crippen LogP contribution is 2.36. The van der Waals surface area contributed by atoms with Crippen molar-refractivity contribution < 1.29 is 37.9 Å². The second kappa shape index (κ2) is 35.8. The first kappa shape index (κ1) is 47.0. The van der Waals surface area contributed by atoms with Gasteiger partial charge < -0.3 is 19.3 Å². The third-order valence-corrected chi connectivity index (χ3v) is 8.59. The zero-order valence-electron chi connectivity index (χ0n) is 31.1. The maximum absolute atomic E-state index is 12.3. The lowest BCUT2D eigenvalue weighted by atomic mass is 10.1. The van der Waals surface area contributed by atoms with Crippen molar-refractivity contribution >= 4 is 19.8 Å². The van der Waals surface area contributed by atoms with Crippen LogP contribution in [0, 0.1) is 0 Å². The summed E-state index contributed by atoms with van der Waals surface area (Å²) in [6.07, 6.45) is 42.8. The van der Waals surface area contributed by atoms with Crippen molar-refractivity contribution in [1.29, 1.82) is 0 Å². The first-order valence-electron chi connectivity index (χ1n) is 19.4. The number of allylic oxidation sites excluding steroid dienone is 8. The molecule has 284 valence electrons. The van der Waals surface area contributed by atoms with E-state index in [2.05, 4.69) is 60.9 Å². The van der Waals surface area contributed by atoms with Crippen LogP contribution in [0.1, 0.15) is 174 Å². The first-order valence-corrected chi connectivity index (χ1v) is 21.0. The molecule has 2 N–H and O–H groups in total. The quantitative estimate of drug-likeness (QED) is 0.0289. The average molecular weight is 711 g/mol. The van der Waals surface area contributed by atoms with Crippen LogP contribution in [-0.4, -0.2) is 41.0 Å². The van der Waals surface area contributed by atoms with Gasteiger partial charge in [-0.15, -0.1) is 0 Å². The van der Waals surface area contributed by atoms with E-state index in [0.29, 0.717) is 12.8 Å². The van der Waals surface area contributed by atoms with Gasteiger partial charge in [0.1, 0.15) is 6.61 Å². The monoisotopic (exact) mass is 710 g/mol. The molecule has 0 spiro atoms. The summed E-state index contributed by atoms with van der Waals surface area (Å²) in [6.45, 7) is 3.60. The minimum Gasteiger partial charge on any atom is -0.462 e. The number of rotatable bonds is 35. The van der Waals surface area contributed by atoms with E-state index in [9.17, 15) is 14.2 Å². The number of carbonyl (C=O) groups excluding carboxylic acids is 2. The summed E-state index contributed by atoms with van der Waals surface area (Å²) in [7, 11) is -4.76. The molecule has 0 rings (SSSR count). The van der Waals surface area contributed by atoms with Crippen LogP contribution >= 0.6 is 7.82 Å². The lowest BCUT2D eigenvalue weighted by Crippen LogP contribution is -2.29. The third-order valence-electron chi connectivity index (χ3n) is 8.10. The molecule has 0 unspecified atom stereocenters. The summed E-state index contributed by atoms with van der Waals surface area (Å²) in [6, 6.07) is 0. The van der Waals surface area contributed by atoms with Crippen LogP contribution in [0.15, 0.2) is 48.6 Å². The van der Waals surface area contributed by atoms with Crippen molar-refractivity contribution in [1.82, 2.24) is 0 Å². The van der Waals surface area contributed by atoms with Crippen LogP contribution in [0.25, 0.3) is 0 Å². The minimum atomic E-state index is -4.76. The Hall–Kier alpha value is -1.99. The Kier molecular flexibility index (Phi) is 34.4. The van der Waals surface area contributed by atoms with Crippen molar-refractivity contribution in [2.75, 3.05) is 13.2 Å². The Morgan fingerprint density at radius 1 is 0.531 bits per heavy atom. The van der Waals surface area contributed by atoms with E-state index < -0.39 is 32.5 Å². The zero-order valence-corrected chi connectivity index (χ0v) is 32.0. The molecule has 0 saturated heterocycles. The molecule has 0 fully saturated rings. The van der Waals surface area contributed by atoms with Crippen molar-refractivity contribution in [2.45, 2.75) is 180 Å². The van der Waals surface area contributed by atoms with Crippen LogP contribution in [-0.2, 0) is 28.2 Å². The summed E-state index contributed by atoms with van der Waals surface area (Å²) in [5.41, 5.74) is 0. The standard InChI is InChI=1S/C40H71O8P/c1-3-5-7-9-11-13-15-16-17-18-19-20-21-22-23-24-25-27-28-30-32-34-39(41)46-36-38(37-47-49(43,44)45)48-40(42)35-33-31-29-26-14-12-10-8-6-4-2/h17-18,20-21,23-24,27-28,38H,3-16,19,22,25-26,29-37H2,1-2H3,(H2,43,44,45)/b18-17+,21-20+,24-23+,28-27+/t38-/m1/s1. The predicted octanol–water partition coefficient (Wildman–Crippen LogP) is 11.6. The van der Waals surface area contributed by atoms with Gasteiger partial charge in [-0.1, -0.05) is 159 Å². The second-order valence-electron chi connectivity index (χ2n) is 12.9. The Bertz CT molecular complexity index is 937. The van der Waals surface area contributed by atoms with Crippen LogP contribution < -0.4 is 0 Å². The third kappa shape index (κ3) is 38.7. The summed E-state index contributed by atoms with van der Waals surface area (Å²) in [4.78, 5) is 42.6. The van der Waals surface area contributed by atoms with Crippen molar-refractivity contribution in [3.8, 4) is 0 Å². The highest BCUT2D eigenvalue weighted by atomic mass is 31.2. The molecule has 0 heterocycles. The van der Waals surface area contributed by atoms with E-state index in [0.717, 1.165) is 44.9 Å². The molecule has 0 aliphatic carbocycles. The van der Waals surface area contributed by atoms with Gasteiger partial charge in [-0.05, 0) is 51.4 Å². The van der Waals surface area contributed by atoms with Gasteiger partial charge in [-0.3, -0.25) is 14.1 Å². The number of carbonyl (C=O) groups is 2. The number of phosphoric acid groups is 1. The molecule has 0 aromatic rings. The molecule has 0 aliphatic heterocycles. The van der Waals surface area contributed by atoms with E-state index in [1.54, 1.807) is 0 Å². The van der Waals surface area contributed by atoms with Gasteiger partial charge >= 0.3 is 19.8 Å². The SMILES string of the molecule is CCCCCCCCC/C=C/C/C=C/C/C=C/C/C=C/CCCC(=O)OC[C@H](COP(=O)(O)O)OC(=O)CCCCCCCCCCCC. The van der Waals surface area contributed by atoms with Gasteiger partial charge in [0.15, 0.2) is 6.10 Å². The molecule has 0 aromatic heterocycles. The van der Waals surface area contributed by atoms with E-state index >= 15 is 0 Å². The summed E-state index contributed by atoms with van der Waals surface area (Å²) >= 11 is 0. The van der Waals surface area contributed by atoms with Crippen LogP contribution in [0.4, 0.5) is 0 Å². The van der Waals surface area contributed by atoms with Gasteiger partial charge in [0, 0.05) is 12.8 Å². The largest absolute Gasteiger partial charge is 0.469 e. The van der Waals surface area contributed by atoms with E-state index in [1.165, 1.54) is 89.9 Å². The highest BCUT2D eigenvalue weighted by Gasteiger charge is 2.22. The predicted molar refractivity (Wildman–Crippen MR) is 202 cm³/mol. The normalized spacial score (nSPS) is 13.0.